The number of esters is 1. The van der Waals surface area contributed by atoms with Crippen LogP contribution in [0.3, 0.4) is 0 Å². The average Bonchev–Trinajstić information content (AvgIpc) is 3.54. The molecule has 0 radical (unpaired) electrons. The van der Waals surface area contributed by atoms with E-state index in [2.05, 4.69) is 74.7 Å². The van der Waals surface area contributed by atoms with Gasteiger partial charge in [-0.3, -0.25) is 9.59 Å². The van der Waals surface area contributed by atoms with E-state index in [-0.39, 0.29) is 13.0 Å². The van der Waals surface area contributed by atoms with Crippen LogP contribution in [0.25, 0.3) is 0 Å². The lowest BCUT2D eigenvalue weighted by Crippen LogP contribution is -2.61. The summed E-state index contributed by atoms with van der Waals surface area (Å²) in [6.45, 7) is 5.78. The summed E-state index contributed by atoms with van der Waals surface area (Å²) in [4.78, 5) is 26.7. The molecular weight excluding hydrogens is 1050 g/mol. The lowest BCUT2D eigenvalue weighted by atomic mass is 9.99. The van der Waals surface area contributed by atoms with Gasteiger partial charge in [-0.05, 0) is 89.9 Å². The van der Waals surface area contributed by atoms with E-state index in [1.807, 2.05) is 6.08 Å². The third kappa shape index (κ3) is 47.4. The third-order valence-electron chi connectivity index (χ3n) is 16.6. The number of hydrogen-bond acceptors (Lipinski definition) is 10. The summed E-state index contributed by atoms with van der Waals surface area (Å²) in [5.74, 6) is -1.19. The number of aliphatic hydroxyl groups is 5. The molecule has 1 amide bonds. The van der Waals surface area contributed by atoms with Crippen molar-refractivity contribution in [3.8, 4) is 0 Å². The van der Waals surface area contributed by atoms with Gasteiger partial charge in [0.1, 0.15) is 24.4 Å². The highest BCUT2D eigenvalue weighted by Crippen LogP contribution is 2.26. The van der Waals surface area contributed by atoms with Gasteiger partial charge < -0.3 is 45.1 Å². The number of carbonyl (C=O) groups excluding carboxylic acids is 2. The summed E-state index contributed by atoms with van der Waals surface area (Å²) in [5, 5.41) is 57.2. The third-order valence-corrected chi connectivity index (χ3v) is 16.6. The average molecular weight is 1180 g/mol. The summed E-state index contributed by atoms with van der Waals surface area (Å²) in [6.07, 6.45) is 66.8. The number of nitrogens with one attached hydrogen (secondary N) is 1. The summed E-state index contributed by atoms with van der Waals surface area (Å²) in [5.41, 5.74) is 0. The minimum Gasteiger partial charge on any atom is -0.454 e. The van der Waals surface area contributed by atoms with Crippen molar-refractivity contribution in [2.24, 2.45) is 0 Å². The molecule has 1 aliphatic rings. The Bertz CT molecular complexity index is 1600. The Morgan fingerprint density at radius 2 is 0.821 bits per heavy atom. The topological polar surface area (TPSA) is 175 Å². The van der Waals surface area contributed by atoms with Gasteiger partial charge in [0, 0.05) is 6.42 Å². The molecule has 0 aromatic carbocycles. The van der Waals surface area contributed by atoms with Gasteiger partial charge in [-0.25, -0.2) is 0 Å². The van der Waals surface area contributed by atoms with Gasteiger partial charge in [-0.1, -0.05) is 293 Å². The van der Waals surface area contributed by atoms with Crippen molar-refractivity contribution in [1.82, 2.24) is 5.32 Å². The number of aliphatic hydroxyl groups excluding tert-OH is 5. The fourth-order valence-corrected chi connectivity index (χ4v) is 11.0. The van der Waals surface area contributed by atoms with Crippen LogP contribution in [0.5, 0.6) is 0 Å². The molecule has 11 heteroatoms. The van der Waals surface area contributed by atoms with E-state index >= 15 is 0 Å². The van der Waals surface area contributed by atoms with Crippen LogP contribution < -0.4 is 5.32 Å². The van der Waals surface area contributed by atoms with Crippen LogP contribution in [-0.4, -0.2) is 99.6 Å². The monoisotopic (exact) mass is 1180 g/mol. The Morgan fingerprint density at radius 3 is 1.24 bits per heavy atom. The standard InChI is InChI=1S/C73H133NO10/c1-4-7-10-13-16-19-22-25-27-29-31-32-33-34-35-37-38-40-42-45-48-51-54-57-60-66(77)72(81)74-64(65(76)59-56-53-50-47-44-24-21-18-15-12-9-6-3)63-82-73-71(70(80)69(79)67(62-75)83-73)84-68(78)61-58-55-52-49-46-43-41-39-36-30-28-26-23-20-17-14-11-8-5-2/h16-17,19-20,25-28,56,59,64-67,69-71,73,75-77,79-80H,4-15,18,21-24,29-55,57-58,60-63H2,1-3H3,(H,74,81)/b19-16-,20-17-,27-25-,28-26-,59-56+. The summed E-state index contributed by atoms with van der Waals surface area (Å²) >= 11 is 0. The quantitative estimate of drug-likeness (QED) is 0.0195. The zero-order valence-electron chi connectivity index (χ0n) is 54.5. The molecule has 11 nitrogen and oxygen atoms in total. The van der Waals surface area contributed by atoms with Crippen LogP contribution in [-0.2, 0) is 23.8 Å². The number of rotatable bonds is 61. The van der Waals surface area contributed by atoms with Gasteiger partial charge in [0.05, 0.1) is 25.4 Å². The first kappa shape index (κ1) is 79.4. The minimum atomic E-state index is -1.62. The molecule has 8 unspecified atom stereocenters. The highest BCUT2D eigenvalue weighted by Gasteiger charge is 2.47. The molecule has 0 saturated carbocycles. The van der Waals surface area contributed by atoms with Gasteiger partial charge in [-0.15, -0.1) is 0 Å². The van der Waals surface area contributed by atoms with E-state index in [0.29, 0.717) is 19.3 Å². The fourth-order valence-electron chi connectivity index (χ4n) is 11.0. The minimum absolute atomic E-state index is 0.119. The predicted octanol–water partition coefficient (Wildman–Crippen LogP) is 18.1. The summed E-state index contributed by atoms with van der Waals surface area (Å²) < 4.78 is 17.7. The molecule has 0 spiro atoms. The number of hydrogen-bond donors (Lipinski definition) is 6. The van der Waals surface area contributed by atoms with Gasteiger partial charge in [0.25, 0.3) is 0 Å². The molecule has 490 valence electrons. The van der Waals surface area contributed by atoms with Crippen molar-refractivity contribution >= 4 is 11.9 Å². The molecule has 0 aromatic rings. The molecule has 84 heavy (non-hydrogen) atoms. The van der Waals surface area contributed by atoms with Crippen LogP contribution in [0.2, 0.25) is 0 Å². The predicted molar refractivity (Wildman–Crippen MR) is 352 cm³/mol. The van der Waals surface area contributed by atoms with E-state index in [9.17, 15) is 35.1 Å². The second-order valence-corrected chi connectivity index (χ2v) is 24.6. The maximum absolute atomic E-state index is 13.5. The van der Waals surface area contributed by atoms with Crippen LogP contribution in [0.15, 0.2) is 60.8 Å². The Morgan fingerprint density at radius 1 is 0.464 bits per heavy atom. The SMILES string of the molecule is CCCCC/C=C\C/C=C\CCCCCCCCCCCCCCCCC(O)C(=O)NC(COC1OC(CO)C(O)C(O)C1OC(=O)CCCCCCCCCCC/C=C\C/C=C\CCCCC)C(O)/C=C/CCCCCCCCCCCC. The Hall–Kier alpha value is -2.64. The Kier molecular flexibility index (Phi) is 57.3. The van der Waals surface area contributed by atoms with E-state index < -0.39 is 67.4 Å². The Labute approximate surface area is 516 Å². The van der Waals surface area contributed by atoms with E-state index in [4.69, 9.17) is 14.2 Å². The van der Waals surface area contributed by atoms with Gasteiger partial charge in [0.15, 0.2) is 12.4 Å². The second kappa shape index (κ2) is 60.6. The van der Waals surface area contributed by atoms with Crippen LogP contribution in [0, 0.1) is 0 Å². The normalized spacial score (nSPS) is 18.8. The molecule has 6 N–H and O–H groups in total. The lowest BCUT2D eigenvalue weighted by Gasteiger charge is -2.41. The highest BCUT2D eigenvalue weighted by atomic mass is 16.7. The first-order chi connectivity index (χ1) is 41.2. The smallest absolute Gasteiger partial charge is 0.306 e. The van der Waals surface area contributed by atoms with Gasteiger partial charge in [-0.2, -0.15) is 0 Å². The second-order valence-electron chi connectivity index (χ2n) is 24.6. The van der Waals surface area contributed by atoms with Crippen LogP contribution in [0.4, 0.5) is 0 Å². The van der Waals surface area contributed by atoms with Crippen molar-refractivity contribution < 1.29 is 49.3 Å². The van der Waals surface area contributed by atoms with Crippen molar-refractivity contribution in [2.45, 2.75) is 378 Å². The summed E-state index contributed by atoms with van der Waals surface area (Å²) in [6, 6.07) is -1.03. The Balaban J connectivity index is 2.57. The molecule has 0 bridgehead atoms. The number of allylic oxidation sites excluding steroid dienone is 9. The van der Waals surface area contributed by atoms with Crippen molar-refractivity contribution in [3.05, 3.63) is 60.8 Å². The zero-order valence-corrected chi connectivity index (χ0v) is 54.5. The van der Waals surface area contributed by atoms with Crippen molar-refractivity contribution in [3.63, 3.8) is 0 Å². The number of amides is 1. The van der Waals surface area contributed by atoms with Gasteiger partial charge in [0.2, 0.25) is 5.91 Å². The number of carbonyl (C=O) groups is 2. The van der Waals surface area contributed by atoms with E-state index in [0.717, 1.165) is 77.0 Å². The largest absolute Gasteiger partial charge is 0.454 e. The first-order valence-corrected chi connectivity index (χ1v) is 35.6. The molecule has 8 atom stereocenters. The molecule has 0 aromatic heterocycles. The highest BCUT2D eigenvalue weighted by molar-refractivity contribution is 5.80. The number of unbranched alkanes of at least 4 members (excludes halogenated alkanes) is 39. The molecule has 1 heterocycles. The first-order valence-electron chi connectivity index (χ1n) is 35.6. The molecule has 1 fully saturated rings. The maximum atomic E-state index is 13.5. The molecule has 0 aliphatic carbocycles. The van der Waals surface area contributed by atoms with Crippen LogP contribution >= 0.6 is 0 Å². The molecule has 1 rings (SSSR count). The van der Waals surface area contributed by atoms with E-state index in [1.165, 1.54) is 205 Å². The van der Waals surface area contributed by atoms with Crippen molar-refractivity contribution in [1.29, 1.82) is 0 Å². The number of ether oxygens (including phenoxy) is 3. The fraction of sp³-hybridized carbons (Fsp3) is 0.836. The van der Waals surface area contributed by atoms with Crippen molar-refractivity contribution in [2.75, 3.05) is 13.2 Å². The molecule has 1 aliphatic heterocycles. The van der Waals surface area contributed by atoms with E-state index in [1.54, 1.807) is 6.08 Å². The zero-order chi connectivity index (χ0) is 61.0. The molecular formula is C73H133NO10. The lowest BCUT2D eigenvalue weighted by molar-refractivity contribution is -0.305. The maximum Gasteiger partial charge on any atom is 0.306 e. The van der Waals surface area contributed by atoms with Gasteiger partial charge >= 0.3 is 5.97 Å². The molecule has 1 saturated heterocycles. The summed E-state index contributed by atoms with van der Waals surface area (Å²) in [7, 11) is 0. The van der Waals surface area contributed by atoms with Crippen LogP contribution in [0.1, 0.15) is 329 Å².